The van der Waals surface area contributed by atoms with Crippen LogP contribution in [0.3, 0.4) is 0 Å². The second-order valence-electron chi connectivity index (χ2n) is 8.64. The molecule has 9 heteroatoms. The molecule has 0 bridgehead atoms. The average Bonchev–Trinajstić information content (AvgIpc) is 2.71. The molecule has 0 amide bonds. The molecule has 32 heavy (non-hydrogen) atoms. The summed E-state index contributed by atoms with van der Waals surface area (Å²) in [6.45, 7) is 8.31. The third kappa shape index (κ3) is 4.15. The number of anilines is 4. The number of nitrogens with one attached hydrogen (secondary N) is 1. The number of rotatable bonds is 4. The number of aromatic nitrogens is 2. The minimum atomic E-state index is -0.716. The van der Waals surface area contributed by atoms with Crippen molar-refractivity contribution < 1.29 is 17.9 Å². The first-order valence-electron chi connectivity index (χ1n) is 10.2. The van der Waals surface area contributed by atoms with Crippen molar-refractivity contribution in [2.75, 3.05) is 22.5 Å². The summed E-state index contributed by atoms with van der Waals surface area (Å²) in [5.41, 5.74) is 5.93. The molecule has 0 fully saturated rings. The van der Waals surface area contributed by atoms with E-state index in [0.717, 1.165) is 6.20 Å². The predicted molar refractivity (Wildman–Crippen MR) is 119 cm³/mol. The van der Waals surface area contributed by atoms with Crippen molar-refractivity contribution >= 4 is 23.0 Å². The number of benzene rings is 2. The molecule has 0 radical (unpaired) electrons. The highest BCUT2D eigenvalue weighted by molar-refractivity contribution is 5.73. The number of halogens is 3. The van der Waals surface area contributed by atoms with Crippen LogP contribution in [0.2, 0.25) is 0 Å². The molecule has 4 rings (SSSR count). The number of hydrogen-bond donors (Lipinski definition) is 2. The quantitative estimate of drug-likeness (QED) is 0.535. The lowest BCUT2D eigenvalue weighted by Crippen LogP contribution is -2.49. The topological polar surface area (TPSA) is 76.3 Å². The molecular formula is C23H24F3N5O. The Balaban J connectivity index is 1.75. The third-order valence-corrected chi connectivity index (χ3v) is 5.16. The van der Waals surface area contributed by atoms with Crippen LogP contribution in [0.4, 0.5) is 36.2 Å². The van der Waals surface area contributed by atoms with Gasteiger partial charge in [0, 0.05) is 17.3 Å². The summed E-state index contributed by atoms with van der Waals surface area (Å²) in [6.07, 6.45) is 0.982. The van der Waals surface area contributed by atoms with E-state index in [1.165, 1.54) is 18.2 Å². The highest BCUT2D eigenvalue weighted by Gasteiger charge is 2.35. The Morgan fingerprint density at radius 3 is 2.53 bits per heavy atom. The summed E-state index contributed by atoms with van der Waals surface area (Å²) in [5, 5.41) is 2.81. The molecule has 1 aliphatic heterocycles. The molecule has 0 saturated carbocycles. The first-order valence-corrected chi connectivity index (χ1v) is 10.2. The van der Waals surface area contributed by atoms with E-state index in [1.807, 2.05) is 32.6 Å². The smallest absolute Gasteiger partial charge is 0.227 e. The summed E-state index contributed by atoms with van der Waals surface area (Å²) in [7, 11) is 0. The van der Waals surface area contributed by atoms with Crippen LogP contribution in [0.1, 0.15) is 27.7 Å². The summed E-state index contributed by atoms with van der Waals surface area (Å²) in [4.78, 5) is 10.1. The molecule has 168 valence electrons. The molecule has 1 aromatic heterocycles. The standard InChI is InChI=1S/C23H24F3N5O/c1-12(2)31-11-23(3,4)32-21-16(25)7-13(8-19(21)31)20-17(26)10-28-22(30-20)29-14-5-6-18(27)15(24)9-14/h5-10,12H,11,27H2,1-4H3,(H,28,29,30). The van der Waals surface area contributed by atoms with E-state index in [0.29, 0.717) is 17.9 Å². The zero-order valence-corrected chi connectivity index (χ0v) is 18.2. The van der Waals surface area contributed by atoms with Crippen molar-refractivity contribution in [2.45, 2.75) is 39.3 Å². The number of nitrogens with zero attached hydrogens (tertiary/aromatic N) is 3. The van der Waals surface area contributed by atoms with Gasteiger partial charge in [0.25, 0.3) is 0 Å². The van der Waals surface area contributed by atoms with Gasteiger partial charge in [-0.15, -0.1) is 0 Å². The molecule has 2 heterocycles. The molecule has 2 aromatic carbocycles. The first-order chi connectivity index (χ1) is 15.0. The Morgan fingerprint density at radius 1 is 1.09 bits per heavy atom. The lowest BCUT2D eigenvalue weighted by atomic mass is 10.0. The number of nitrogens with two attached hydrogens (primary N) is 1. The molecule has 0 unspecified atom stereocenters. The predicted octanol–water partition coefficient (Wildman–Crippen LogP) is 5.27. The summed E-state index contributed by atoms with van der Waals surface area (Å²) < 4.78 is 49.3. The van der Waals surface area contributed by atoms with Crippen LogP contribution in [-0.4, -0.2) is 28.2 Å². The van der Waals surface area contributed by atoms with Gasteiger partial charge in [0.05, 0.1) is 24.1 Å². The van der Waals surface area contributed by atoms with Gasteiger partial charge in [-0.2, -0.15) is 0 Å². The Labute approximate surface area is 184 Å². The van der Waals surface area contributed by atoms with Crippen LogP contribution in [0, 0.1) is 17.5 Å². The van der Waals surface area contributed by atoms with E-state index < -0.39 is 23.1 Å². The summed E-state index contributed by atoms with van der Waals surface area (Å²) in [5.74, 6) is -1.77. The molecule has 0 saturated heterocycles. The molecule has 6 nitrogen and oxygen atoms in total. The largest absolute Gasteiger partial charge is 0.481 e. The van der Waals surface area contributed by atoms with E-state index in [2.05, 4.69) is 15.3 Å². The highest BCUT2D eigenvalue weighted by atomic mass is 19.1. The van der Waals surface area contributed by atoms with Crippen molar-refractivity contribution in [3.05, 3.63) is 54.0 Å². The zero-order chi connectivity index (χ0) is 23.2. The van der Waals surface area contributed by atoms with Gasteiger partial charge >= 0.3 is 0 Å². The van der Waals surface area contributed by atoms with Gasteiger partial charge in [0.15, 0.2) is 17.4 Å². The van der Waals surface area contributed by atoms with E-state index >= 15 is 4.39 Å². The fourth-order valence-corrected chi connectivity index (χ4v) is 3.66. The van der Waals surface area contributed by atoms with Gasteiger partial charge in [0.1, 0.15) is 17.1 Å². The number of fused-ring (bicyclic) bond motifs is 1. The molecular weight excluding hydrogens is 419 g/mol. The van der Waals surface area contributed by atoms with Gasteiger partial charge in [-0.25, -0.2) is 23.1 Å². The summed E-state index contributed by atoms with van der Waals surface area (Å²) >= 11 is 0. The molecule has 3 N–H and O–H groups in total. The monoisotopic (exact) mass is 443 g/mol. The van der Waals surface area contributed by atoms with Gasteiger partial charge in [-0.05, 0) is 58.0 Å². The molecule has 0 atom stereocenters. The van der Waals surface area contributed by atoms with Crippen molar-refractivity contribution in [1.29, 1.82) is 0 Å². The fraction of sp³-hybridized carbons (Fsp3) is 0.304. The van der Waals surface area contributed by atoms with Crippen LogP contribution in [0.5, 0.6) is 5.75 Å². The fourth-order valence-electron chi connectivity index (χ4n) is 3.66. The van der Waals surface area contributed by atoms with Gasteiger partial charge in [-0.3, -0.25) is 0 Å². The molecule has 1 aliphatic rings. The van der Waals surface area contributed by atoms with E-state index in [1.54, 1.807) is 12.1 Å². The third-order valence-electron chi connectivity index (χ3n) is 5.16. The second kappa shape index (κ2) is 7.89. The zero-order valence-electron chi connectivity index (χ0n) is 18.2. The second-order valence-corrected chi connectivity index (χ2v) is 8.64. The van der Waals surface area contributed by atoms with Crippen molar-refractivity contribution in [2.24, 2.45) is 0 Å². The average molecular weight is 443 g/mol. The minimum absolute atomic E-state index is 0.000834. The Hall–Kier alpha value is -3.49. The number of hydrogen-bond acceptors (Lipinski definition) is 6. The summed E-state index contributed by atoms with van der Waals surface area (Å²) in [6, 6.07) is 7.04. The lowest BCUT2D eigenvalue weighted by molar-refractivity contribution is 0.0967. The number of ether oxygens (including phenoxy) is 1. The first kappa shape index (κ1) is 21.7. The minimum Gasteiger partial charge on any atom is -0.481 e. The Bertz CT molecular complexity index is 1180. The molecule has 0 spiro atoms. The maximum atomic E-state index is 15.1. The number of nitrogen functional groups attached to an aromatic ring is 1. The highest BCUT2D eigenvalue weighted by Crippen LogP contribution is 2.43. The Kier molecular flexibility index (Phi) is 5.36. The van der Waals surface area contributed by atoms with Crippen LogP contribution >= 0.6 is 0 Å². The maximum Gasteiger partial charge on any atom is 0.227 e. The van der Waals surface area contributed by atoms with Crippen LogP contribution < -0.4 is 20.7 Å². The van der Waals surface area contributed by atoms with E-state index in [-0.39, 0.29) is 34.7 Å². The van der Waals surface area contributed by atoms with Crippen molar-refractivity contribution in [3.8, 4) is 17.0 Å². The van der Waals surface area contributed by atoms with Crippen molar-refractivity contribution in [3.63, 3.8) is 0 Å². The van der Waals surface area contributed by atoms with E-state index in [9.17, 15) is 8.78 Å². The van der Waals surface area contributed by atoms with E-state index in [4.69, 9.17) is 10.5 Å². The molecule has 3 aromatic rings. The van der Waals surface area contributed by atoms with Crippen LogP contribution in [0.25, 0.3) is 11.3 Å². The molecule has 0 aliphatic carbocycles. The van der Waals surface area contributed by atoms with Gasteiger partial charge in [-0.1, -0.05) is 0 Å². The van der Waals surface area contributed by atoms with Crippen molar-refractivity contribution in [1.82, 2.24) is 9.97 Å². The normalized spacial score (nSPS) is 14.8. The SMILES string of the molecule is CC(C)N1CC(C)(C)Oc2c(F)cc(-c3nc(Nc4ccc(N)c(F)c4)ncc3F)cc21. The lowest BCUT2D eigenvalue weighted by Gasteiger charge is -2.43. The Morgan fingerprint density at radius 2 is 1.84 bits per heavy atom. The van der Waals surface area contributed by atoms with Crippen LogP contribution in [0.15, 0.2) is 36.5 Å². The van der Waals surface area contributed by atoms with Gasteiger partial charge < -0.3 is 20.7 Å². The maximum absolute atomic E-state index is 15.1. The van der Waals surface area contributed by atoms with Gasteiger partial charge in [0.2, 0.25) is 5.95 Å². The van der Waals surface area contributed by atoms with Crippen LogP contribution in [-0.2, 0) is 0 Å².